The Morgan fingerprint density at radius 2 is 0.605 bits per heavy atom. The molecule has 20 nitrogen and oxygen atoms in total. The Bertz CT molecular complexity index is 2560. The standard InChI is InChI=1S/C55H96N2O9.C43H82N2O7.ClH/c1-6-8-10-12-14-16-18-20-22-24-26-28-30-32-37-41-50(58)64-46-48(65-51(59)42-38-33-31-29-27-25-23-21-19-17-15-13-11-9-7-2)44-56-53(61)49(57-54(62)66-55(3,4)5)43-52(60)63-45-47-39-35-34-36-40-47;1-3-5-7-9-11-13-15-17-19-21-23-25-27-29-31-33-41(48)51-37-38(36-45-43(50)39(44)35-40(46)47)52-42(49)34-32-30-28-26-24-22-20-18-16-14-12-10-8-6-4-2;/h34-36,39-40,48-49H,6-33,37-38,41-46H2,1-5H3,(H,56,61)(H,57,62);38-39H,3-37,44H2,1-2H3,(H,45,50)(H,46,47);1H. The zero-order chi connectivity index (χ0) is 86.7. The number of hydrogen-bond donors (Lipinski definition) is 5. The molecule has 0 radical (unpaired) electrons. The van der Waals surface area contributed by atoms with E-state index < -0.39 is 78.5 Å². The van der Waals surface area contributed by atoms with Crippen LogP contribution in [0.4, 0.5) is 4.79 Å². The fourth-order valence-corrected chi connectivity index (χ4v) is 14.5. The number of quaternary nitrogens is 1. The minimum Gasteiger partial charge on any atom is -1.00 e. The summed E-state index contributed by atoms with van der Waals surface area (Å²) >= 11 is 0. The number of amides is 3. The van der Waals surface area contributed by atoms with Crippen molar-refractivity contribution in [3.8, 4) is 0 Å². The number of carbonyl (C=O) groups excluding carboxylic acids is 8. The third-order valence-electron chi connectivity index (χ3n) is 21.8. The van der Waals surface area contributed by atoms with Gasteiger partial charge in [-0.1, -0.05) is 418 Å². The first-order valence-electron chi connectivity index (χ1n) is 48.7. The van der Waals surface area contributed by atoms with Crippen LogP contribution in [0.1, 0.15) is 478 Å². The second-order valence-corrected chi connectivity index (χ2v) is 34.7. The van der Waals surface area contributed by atoms with Crippen molar-refractivity contribution in [2.75, 3.05) is 26.3 Å². The number of nitrogens with one attached hydrogen (secondary N) is 3. The maximum absolute atomic E-state index is 13.5. The van der Waals surface area contributed by atoms with Gasteiger partial charge in [-0.05, 0) is 52.0 Å². The summed E-state index contributed by atoms with van der Waals surface area (Å²) in [5, 5.41) is 16.7. The molecule has 0 aromatic heterocycles. The van der Waals surface area contributed by atoms with E-state index in [9.17, 15) is 43.2 Å². The fourth-order valence-electron chi connectivity index (χ4n) is 14.5. The number of alkyl carbamates (subject to hydrolysis) is 1. The van der Waals surface area contributed by atoms with E-state index in [-0.39, 0.29) is 82.5 Å². The molecule has 4 atom stereocenters. The minimum absolute atomic E-state index is 0. The fraction of sp³-hybridized carbons (Fsp3) is 0.847. The highest BCUT2D eigenvalue weighted by atomic mass is 35.5. The van der Waals surface area contributed by atoms with Gasteiger partial charge < -0.3 is 67.6 Å². The number of hydrogen-bond acceptors (Lipinski definition) is 15. The Kier molecular flexibility index (Phi) is 83.5. The van der Waals surface area contributed by atoms with Gasteiger partial charge in [-0.3, -0.25) is 38.4 Å². The molecule has 0 aliphatic heterocycles. The van der Waals surface area contributed by atoms with Gasteiger partial charge in [0, 0.05) is 25.7 Å². The van der Waals surface area contributed by atoms with Crippen LogP contribution in [0.25, 0.3) is 0 Å². The third-order valence-corrected chi connectivity index (χ3v) is 21.8. The van der Waals surface area contributed by atoms with E-state index in [0.717, 1.165) is 89.0 Å². The van der Waals surface area contributed by atoms with E-state index in [2.05, 4.69) is 49.4 Å². The molecule has 0 saturated carbocycles. The highest BCUT2D eigenvalue weighted by molar-refractivity contribution is 5.89. The molecule has 694 valence electrons. The normalized spacial score (nSPS) is 12.2. The minimum atomic E-state index is -1.34. The van der Waals surface area contributed by atoms with Crippen molar-refractivity contribution < 1.29 is 94.8 Å². The Balaban J connectivity index is 0. The van der Waals surface area contributed by atoms with Crippen LogP contribution in [0.3, 0.4) is 0 Å². The van der Waals surface area contributed by atoms with Crippen molar-refractivity contribution in [3.63, 3.8) is 0 Å². The molecule has 1 aromatic carbocycles. The predicted molar refractivity (Wildman–Crippen MR) is 479 cm³/mol. The van der Waals surface area contributed by atoms with Gasteiger partial charge in [0.1, 0.15) is 37.9 Å². The lowest BCUT2D eigenvalue weighted by Crippen LogP contribution is -3.00. The van der Waals surface area contributed by atoms with Gasteiger partial charge in [-0.2, -0.15) is 0 Å². The molecule has 4 unspecified atom stereocenters. The molecule has 0 bridgehead atoms. The van der Waals surface area contributed by atoms with E-state index in [1.165, 1.54) is 295 Å². The van der Waals surface area contributed by atoms with Gasteiger partial charge in [0.15, 0.2) is 18.2 Å². The van der Waals surface area contributed by atoms with Crippen LogP contribution in [-0.2, 0) is 73.4 Å². The van der Waals surface area contributed by atoms with Gasteiger partial charge in [-0.15, -0.1) is 0 Å². The van der Waals surface area contributed by atoms with E-state index >= 15 is 0 Å². The molecule has 0 aliphatic carbocycles. The summed E-state index contributed by atoms with van der Waals surface area (Å²) in [6.07, 6.45) is 71.9. The number of rotatable bonds is 83. The molecule has 119 heavy (non-hydrogen) atoms. The number of benzene rings is 1. The summed E-state index contributed by atoms with van der Waals surface area (Å²) < 4.78 is 33.1. The zero-order valence-corrected chi connectivity index (χ0v) is 77.8. The third kappa shape index (κ3) is 83.2. The van der Waals surface area contributed by atoms with Gasteiger partial charge >= 0.3 is 41.9 Å². The molecule has 0 aliphatic rings. The Morgan fingerprint density at radius 3 is 0.874 bits per heavy atom. The van der Waals surface area contributed by atoms with Crippen LogP contribution in [0.2, 0.25) is 0 Å². The monoisotopic (exact) mass is 1700 g/mol. The Hall–Kier alpha value is -5.50. The Labute approximate surface area is 731 Å². The van der Waals surface area contributed by atoms with Crippen LogP contribution in [0.15, 0.2) is 30.3 Å². The van der Waals surface area contributed by atoms with Crippen LogP contribution < -0.4 is 34.1 Å². The average Bonchev–Trinajstić information content (AvgIpc) is 0.881. The predicted octanol–water partition coefficient (Wildman–Crippen LogP) is 21.3. The molecule has 0 saturated heterocycles. The summed E-state index contributed by atoms with van der Waals surface area (Å²) in [7, 11) is 0. The van der Waals surface area contributed by atoms with E-state index in [0.29, 0.717) is 12.8 Å². The highest BCUT2D eigenvalue weighted by Gasteiger charge is 2.30. The second kappa shape index (κ2) is 86.0. The lowest BCUT2D eigenvalue weighted by molar-refractivity contribution is -0.403. The molecule has 1 aromatic rings. The summed E-state index contributed by atoms with van der Waals surface area (Å²) in [6, 6.07) is 6.81. The quantitative estimate of drug-likeness (QED) is 0.0230. The van der Waals surface area contributed by atoms with E-state index in [4.69, 9.17) is 33.5 Å². The lowest BCUT2D eigenvalue weighted by Gasteiger charge is -2.24. The molecule has 0 heterocycles. The number of carboxylic acid groups (broad SMARTS) is 1. The van der Waals surface area contributed by atoms with Gasteiger partial charge in [0.25, 0.3) is 5.91 Å². The number of aliphatic carboxylic acids is 1. The maximum Gasteiger partial charge on any atom is 0.408 e. The SMILES string of the molecule is CCCCCCCCCCCCCCCCCC(=O)OCC(CNC(=O)C(CC(=O)OCc1ccccc1)NC(=O)OC(C)(C)C)OC(=O)CCCCCCCCCCCCCCCCC.CCCCCCCCCCCCCCCCCC(=O)OCC(CNC(=O)C([NH3+])CC(=O)O)OC(=O)CCCCCCCCCCCCCCCCC.[Cl-]. The molecule has 21 heteroatoms. The van der Waals surface area contributed by atoms with Crippen molar-refractivity contribution in [3.05, 3.63) is 35.9 Å². The average molecular weight is 1700 g/mol. The van der Waals surface area contributed by atoms with E-state index in [1.54, 1.807) is 20.8 Å². The first-order valence-corrected chi connectivity index (χ1v) is 48.7. The highest BCUT2D eigenvalue weighted by Crippen LogP contribution is 2.21. The molecule has 0 fully saturated rings. The first-order chi connectivity index (χ1) is 57.2. The molecular weight excluding hydrogens is 1520 g/mol. The number of esters is 5. The number of carboxylic acids is 1. The maximum atomic E-state index is 13.5. The van der Waals surface area contributed by atoms with Crippen LogP contribution in [0.5, 0.6) is 0 Å². The number of halogens is 1. The van der Waals surface area contributed by atoms with Crippen molar-refractivity contribution in [2.45, 2.75) is 509 Å². The lowest BCUT2D eigenvalue weighted by atomic mass is 10.0. The second-order valence-electron chi connectivity index (χ2n) is 34.7. The number of carbonyl (C=O) groups is 9. The molecular formula is C98H179ClN4O16. The van der Waals surface area contributed by atoms with Crippen molar-refractivity contribution in [1.29, 1.82) is 0 Å². The summed E-state index contributed by atoms with van der Waals surface area (Å²) in [5.74, 6) is -4.61. The van der Waals surface area contributed by atoms with Crippen LogP contribution >= 0.6 is 0 Å². The summed E-state index contributed by atoms with van der Waals surface area (Å²) in [4.78, 5) is 113. The number of unbranched alkanes of at least 4 members (excludes halogenated alkanes) is 56. The summed E-state index contributed by atoms with van der Waals surface area (Å²) in [5.41, 5.74) is 3.53. The van der Waals surface area contributed by atoms with Crippen LogP contribution in [0, 0.1) is 0 Å². The first kappa shape index (κ1) is 116. The molecule has 0 spiro atoms. The van der Waals surface area contributed by atoms with Gasteiger partial charge in [0.2, 0.25) is 5.91 Å². The zero-order valence-electron chi connectivity index (χ0n) is 77.1. The topological polar surface area (TPSA) is 293 Å². The molecule has 7 N–H and O–H groups in total. The molecule has 3 amide bonds. The van der Waals surface area contributed by atoms with Crippen LogP contribution in [-0.4, -0.2) is 115 Å². The van der Waals surface area contributed by atoms with E-state index in [1.807, 2.05) is 30.3 Å². The molecule has 1 rings (SSSR count). The van der Waals surface area contributed by atoms with Gasteiger partial charge in [0.05, 0.1) is 19.5 Å². The van der Waals surface area contributed by atoms with Gasteiger partial charge in [-0.25, -0.2) is 4.79 Å². The Morgan fingerprint density at radius 1 is 0.345 bits per heavy atom. The smallest absolute Gasteiger partial charge is 0.408 e. The largest absolute Gasteiger partial charge is 1.00 e. The van der Waals surface area contributed by atoms with Crippen molar-refractivity contribution >= 4 is 53.7 Å². The summed E-state index contributed by atoms with van der Waals surface area (Å²) in [6.45, 7) is 13.5. The van der Waals surface area contributed by atoms with Crippen molar-refractivity contribution in [1.82, 2.24) is 16.0 Å². The number of ether oxygens (including phenoxy) is 6. The van der Waals surface area contributed by atoms with Crippen molar-refractivity contribution in [2.24, 2.45) is 0 Å².